The van der Waals surface area contributed by atoms with Crippen LogP contribution in [0.25, 0.3) is 0 Å². The summed E-state index contributed by atoms with van der Waals surface area (Å²) in [7, 11) is 0. The molecule has 0 radical (unpaired) electrons. The van der Waals surface area contributed by atoms with E-state index in [0.29, 0.717) is 11.6 Å². The number of nitrogens with zero attached hydrogens (tertiary/aromatic N) is 1. The molecule has 0 aliphatic rings. The molecule has 0 atom stereocenters. The molecule has 0 spiro atoms. The average molecular weight is 1120 g/mol. The fraction of sp³-hybridized carbons (Fsp3) is 0.227. The van der Waals surface area contributed by atoms with Crippen LogP contribution >= 0.6 is 11.3 Å². The number of halogens is 25. The number of aromatic nitrogens is 1. The van der Waals surface area contributed by atoms with Crippen molar-refractivity contribution in [1.29, 1.82) is 0 Å². The minimum absolute atomic E-state index is 0.395. The fourth-order valence-corrected chi connectivity index (χ4v) is 8.31. The van der Waals surface area contributed by atoms with Crippen LogP contribution in [0.3, 0.4) is 0 Å². The minimum Gasteiger partial charge on any atom is -0.425 e. The fourth-order valence-electron chi connectivity index (χ4n) is 7.56. The first-order valence-electron chi connectivity index (χ1n) is 19.7. The van der Waals surface area contributed by atoms with Crippen molar-refractivity contribution in [2.75, 3.05) is 6.86 Å². The molecule has 0 saturated carbocycles. The van der Waals surface area contributed by atoms with Crippen LogP contribution in [0.15, 0.2) is 115 Å². The largest absolute Gasteiger partial charge is 0.425 e. The average Bonchev–Trinajstić information content (AvgIpc) is 3.73. The van der Waals surface area contributed by atoms with Crippen molar-refractivity contribution in [2.24, 2.45) is 0 Å². The van der Waals surface area contributed by atoms with E-state index in [0.717, 1.165) is 5.56 Å². The van der Waals surface area contributed by atoms with Gasteiger partial charge in [-0.25, -0.2) is 9.18 Å². The van der Waals surface area contributed by atoms with Crippen LogP contribution in [0.2, 0.25) is 0 Å². The lowest BCUT2D eigenvalue weighted by Gasteiger charge is -2.46. The Morgan fingerprint density at radius 1 is 0.419 bits per heavy atom. The Balaban J connectivity index is 0.000000500. The van der Waals surface area contributed by atoms with Gasteiger partial charge in [0.15, 0.2) is 12.7 Å². The monoisotopic (exact) mass is 1120 g/mol. The lowest BCUT2D eigenvalue weighted by molar-refractivity contribution is -0.685. The number of thiazole rings is 1. The Hall–Kier alpha value is -6.49. The maximum absolute atomic E-state index is 14.2. The number of carbonyl (C=O) groups excluding carboxylic acids is 1. The van der Waals surface area contributed by atoms with Crippen molar-refractivity contribution >= 4 is 45.3 Å². The standard InChI is InChI=1S/C32H12BF24.C12H11FNO2S/c34-25(35,36)13-1-14(26(37,38)39)6-21(5-13)33(22-7-15(27(40,41)42)2-16(8-22)28(43,44)45,23-9-17(29(46,47)48)3-18(10-23)30(49,50)51)24-11-19(31(52,53)54)4-20(12-24)32(55,56)57;13-9-16-12(15)11-14(6-7-17-11)8-10-4-2-1-3-5-10/h1-12H;1-7H,8-9H2/q-1;+1. The minimum atomic E-state index is -6.13. The molecule has 30 heteroatoms. The molecule has 5 aromatic carbocycles. The van der Waals surface area contributed by atoms with Crippen LogP contribution in [0.5, 0.6) is 0 Å². The molecular formula is C44H23BF25NO2S. The second-order valence-corrected chi connectivity index (χ2v) is 16.5. The predicted octanol–water partition coefficient (Wildman–Crippen LogP) is 13.4. The van der Waals surface area contributed by atoms with Crippen LogP contribution < -0.4 is 26.4 Å². The van der Waals surface area contributed by atoms with Crippen molar-refractivity contribution in [3.63, 3.8) is 0 Å². The molecule has 1 heterocycles. The predicted molar refractivity (Wildman–Crippen MR) is 212 cm³/mol. The van der Waals surface area contributed by atoms with Crippen LogP contribution in [0.1, 0.15) is 59.9 Å². The van der Waals surface area contributed by atoms with Gasteiger partial charge in [-0.3, -0.25) is 0 Å². The quantitative estimate of drug-likeness (QED) is 0.0658. The van der Waals surface area contributed by atoms with Gasteiger partial charge in [0.2, 0.25) is 6.86 Å². The summed E-state index contributed by atoms with van der Waals surface area (Å²) in [5.74, 6) is -0.626. The highest BCUT2D eigenvalue weighted by atomic mass is 32.1. The van der Waals surface area contributed by atoms with E-state index in [9.17, 15) is 115 Å². The van der Waals surface area contributed by atoms with Gasteiger partial charge in [-0.1, -0.05) is 90.2 Å². The van der Waals surface area contributed by atoms with E-state index in [1.54, 1.807) is 16.1 Å². The van der Waals surface area contributed by atoms with Crippen molar-refractivity contribution in [3.05, 3.63) is 170 Å². The highest BCUT2D eigenvalue weighted by Gasteiger charge is 2.47. The highest BCUT2D eigenvalue weighted by Crippen LogP contribution is 2.41. The zero-order chi connectivity index (χ0) is 56.0. The van der Waals surface area contributed by atoms with Gasteiger partial charge < -0.3 is 4.74 Å². The first kappa shape index (κ1) is 58.4. The van der Waals surface area contributed by atoms with Gasteiger partial charge >= 0.3 is 60.4 Å². The summed E-state index contributed by atoms with van der Waals surface area (Å²) in [6, 6.07) is 0.919. The van der Waals surface area contributed by atoms with Gasteiger partial charge in [0.1, 0.15) is 6.15 Å². The lowest BCUT2D eigenvalue weighted by atomic mass is 9.12. The Labute approximate surface area is 401 Å². The summed E-state index contributed by atoms with van der Waals surface area (Å²) in [4.78, 5) is 11.4. The topological polar surface area (TPSA) is 30.2 Å². The normalized spacial score (nSPS) is 13.4. The summed E-state index contributed by atoms with van der Waals surface area (Å²) in [6.45, 7) is -0.525. The van der Waals surface area contributed by atoms with Gasteiger partial charge in [-0.05, 0) is 24.3 Å². The van der Waals surface area contributed by atoms with E-state index in [1.165, 1.54) is 11.3 Å². The summed E-state index contributed by atoms with van der Waals surface area (Å²) in [6.07, 6.45) is -53.0. The number of ether oxygens (including phenoxy) is 1. The van der Waals surface area contributed by atoms with E-state index in [4.69, 9.17) is 0 Å². The van der Waals surface area contributed by atoms with Crippen molar-refractivity contribution in [2.45, 2.75) is 56.0 Å². The summed E-state index contributed by atoms with van der Waals surface area (Å²) < 4.78 is 359. The number of alkyl halides is 25. The molecule has 74 heavy (non-hydrogen) atoms. The lowest BCUT2D eigenvalue weighted by Crippen LogP contribution is -2.75. The second kappa shape index (κ2) is 20.3. The Morgan fingerprint density at radius 2 is 0.676 bits per heavy atom. The van der Waals surface area contributed by atoms with Gasteiger partial charge in [0, 0.05) is 5.56 Å². The number of carbonyl (C=O) groups is 1. The molecule has 0 unspecified atom stereocenters. The number of rotatable bonds is 8. The molecule has 3 nitrogen and oxygen atoms in total. The molecule has 0 N–H and O–H groups in total. The summed E-state index contributed by atoms with van der Waals surface area (Å²) in [5.41, 5.74) is -29.1. The number of benzene rings is 5. The molecule has 0 bridgehead atoms. The third-order valence-electron chi connectivity index (χ3n) is 10.7. The smallest absolute Gasteiger partial charge is 0.417 e. The molecule has 6 aromatic rings. The van der Waals surface area contributed by atoms with E-state index in [-0.39, 0.29) is 0 Å². The van der Waals surface area contributed by atoms with Gasteiger partial charge in [0.25, 0.3) is 0 Å². The maximum atomic E-state index is 14.2. The third kappa shape index (κ3) is 13.4. The number of hydrogen-bond acceptors (Lipinski definition) is 3. The molecule has 0 amide bonds. The summed E-state index contributed by atoms with van der Waals surface area (Å²) >= 11 is 1.24. The molecular weight excluding hydrogens is 1090 g/mol. The molecule has 0 saturated heterocycles. The summed E-state index contributed by atoms with van der Waals surface area (Å²) in [5, 5.41) is 2.17. The molecule has 1 aromatic heterocycles. The van der Waals surface area contributed by atoms with Gasteiger partial charge in [-0.15, -0.1) is 0 Å². The van der Waals surface area contributed by atoms with Crippen LogP contribution in [-0.2, 0) is 60.7 Å². The van der Waals surface area contributed by atoms with Crippen molar-refractivity contribution in [1.82, 2.24) is 0 Å². The zero-order valence-corrected chi connectivity index (χ0v) is 36.4. The number of esters is 1. The van der Waals surface area contributed by atoms with Crippen molar-refractivity contribution < 1.29 is 124 Å². The van der Waals surface area contributed by atoms with E-state index >= 15 is 0 Å². The van der Waals surface area contributed by atoms with Crippen LogP contribution in [0, 0.1) is 0 Å². The van der Waals surface area contributed by atoms with Crippen molar-refractivity contribution in [3.8, 4) is 0 Å². The van der Waals surface area contributed by atoms with Crippen LogP contribution in [-0.4, -0.2) is 19.0 Å². The molecule has 0 aliphatic heterocycles. The first-order valence-corrected chi connectivity index (χ1v) is 20.5. The first-order chi connectivity index (χ1) is 33.6. The third-order valence-corrected chi connectivity index (χ3v) is 11.6. The Bertz CT molecular complexity index is 2520. The van der Waals surface area contributed by atoms with Gasteiger partial charge in [-0.2, -0.15) is 132 Å². The molecule has 0 aliphatic carbocycles. The molecule has 6 rings (SSSR count). The van der Waals surface area contributed by atoms with E-state index in [2.05, 4.69) is 4.74 Å². The Kier molecular flexibility index (Phi) is 16.0. The Morgan fingerprint density at radius 3 is 0.905 bits per heavy atom. The van der Waals surface area contributed by atoms with E-state index < -0.39 is 208 Å². The molecule has 400 valence electrons. The SMILES string of the molecule is FC(F)(F)c1cc([B-](c2cc(C(F)(F)F)cc(C(F)(F)F)c2)(c2cc(C(F)(F)F)cc(C(F)(F)F)c2)c2cc(C(F)(F)F)cc(C(F)(F)F)c2)cc(C(F)(F)F)c1.O=C(OCF)c1scc[n+]1Cc1ccccc1. The van der Waals surface area contributed by atoms with E-state index in [1.807, 2.05) is 30.3 Å². The maximum Gasteiger partial charge on any atom is 0.417 e. The molecule has 0 fully saturated rings. The number of hydrogen-bond donors (Lipinski definition) is 0. The zero-order valence-electron chi connectivity index (χ0n) is 35.6. The second-order valence-electron chi connectivity index (χ2n) is 15.6. The van der Waals surface area contributed by atoms with Crippen LogP contribution in [0.4, 0.5) is 110 Å². The highest BCUT2D eigenvalue weighted by molar-refractivity contribution is 7.20. The van der Waals surface area contributed by atoms with Gasteiger partial charge in [0.05, 0.1) is 49.9 Å².